The highest BCUT2D eigenvalue weighted by atomic mass is 32.2. The first kappa shape index (κ1) is 17.8. The Labute approximate surface area is 111 Å². The van der Waals surface area contributed by atoms with E-state index in [2.05, 4.69) is 4.72 Å². The van der Waals surface area contributed by atoms with Crippen LogP contribution in [0.3, 0.4) is 0 Å². The van der Waals surface area contributed by atoms with Crippen LogP contribution in [0.1, 0.15) is 33.1 Å². The summed E-state index contributed by atoms with van der Waals surface area (Å²) in [5.41, 5.74) is 0. The van der Waals surface area contributed by atoms with Crippen molar-refractivity contribution in [2.24, 2.45) is 0 Å². The number of hydrogen-bond donors (Lipinski definition) is 2. The first-order chi connectivity index (χ1) is 8.51. The maximum absolute atomic E-state index is 12.1. The van der Waals surface area contributed by atoms with Crippen molar-refractivity contribution in [3.05, 3.63) is 0 Å². The van der Waals surface area contributed by atoms with Gasteiger partial charge < -0.3 is 9.84 Å². The molecule has 0 radical (unpaired) electrons. The molecule has 0 spiro atoms. The second-order valence-corrected chi connectivity index (χ2v) is 5.89. The third-order valence-corrected chi connectivity index (χ3v) is 4.17. The van der Waals surface area contributed by atoms with E-state index in [-0.39, 0.29) is 6.61 Å². The van der Waals surface area contributed by atoms with Crippen LogP contribution in [0.2, 0.25) is 0 Å². The van der Waals surface area contributed by atoms with Gasteiger partial charge in [0.2, 0.25) is 0 Å². The highest BCUT2D eigenvalue weighted by molar-refractivity contribution is 7.87. The molecular formula is C11H26N2O4S. The van der Waals surface area contributed by atoms with Crippen molar-refractivity contribution in [3.63, 3.8) is 0 Å². The Bertz CT molecular complexity index is 289. The van der Waals surface area contributed by atoms with Gasteiger partial charge in [-0.25, -0.2) is 0 Å². The molecule has 0 aliphatic heterocycles. The molecule has 18 heavy (non-hydrogen) atoms. The van der Waals surface area contributed by atoms with Gasteiger partial charge in [-0.05, 0) is 19.3 Å². The molecule has 0 aromatic rings. The van der Waals surface area contributed by atoms with Crippen molar-refractivity contribution in [3.8, 4) is 0 Å². The molecule has 7 heteroatoms. The van der Waals surface area contributed by atoms with Crippen molar-refractivity contribution in [2.45, 2.75) is 39.2 Å². The predicted octanol–water partition coefficient (Wildman–Crippen LogP) is 0.340. The van der Waals surface area contributed by atoms with Crippen molar-refractivity contribution < 1.29 is 18.3 Å². The standard InChI is InChI=1S/C11H26N2O4S/c1-4-7-13(8-5-2)18(15,16)12-11(10-14)6-9-17-3/h11-12,14H,4-10H2,1-3H3. The summed E-state index contributed by atoms with van der Waals surface area (Å²) in [6.07, 6.45) is 1.99. The van der Waals surface area contributed by atoms with E-state index < -0.39 is 16.3 Å². The third-order valence-electron chi connectivity index (χ3n) is 2.49. The number of ether oxygens (including phenoxy) is 1. The molecule has 1 unspecified atom stereocenters. The van der Waals surface area contributed by atoms with E-state index in [1.54, 1.807) is 7.11 Å². The average Bonchev–Trinajstić information content (AvgIpc) is 2.34. The van der Waals surface area contributed by atoms with E-state index >= 15 is 0 Å². The molecule has 0 aliphatic carbocycles. The minimum absolute atomic E-state index is 0.228. The molecule has 0 amide bonds. The fraction of sp³-hybridized carbons (Fsp3) is 1.00. The summed E-state index contributed by atoms with van der Waals surface area (Å²) in [4.78, 5) is 0. The molecule has 6 nitrogen and oxygen atoms in total. The van der Waals surface area contributed by atoms with Crippen LogP contribution in [0.5, 0.6) is 0 Å². The van der Waals surface area contributed by atoms with E-state index in [1.807, 2.05) is 13.8 Å². The van der Waals surface area contributed by atoms with E-state index in [1.165, 1.54) is 4.31 Å². The van der Waals surface area contributed by atoms with E-state index in [4.69, 9.17) is 9.84 Å². The molecule has 110 valence electrons. The molecule has 0 aliphatic rings. The lowest BCUT2D eigenvalue weighted by atomic mass is 10.2. The molecule has 0 saturated heterocycles. The number of nitrogens with one attached hydrogen (secondary N) is 1. The van der Waals surface area contributed by atoms with Crippen LogP contribution in [0, 0.1) is 0 Å². The first-order valence-corrected chi connectivity index (χ1v) is 7.83. The predicted molar refractivity (Wildman–Crippen MR) is 71.6 cm³/mol. The highest BCUT2D eigenvalue weighted by Crippen LogP contribution is 2.04. The second-order valence-electron chi connectivity index (χ2n) is 4.18. The van der Waals surface area contributed by atoms with Crippen LogP contribution in [0.4, 0.5) is 0 Å². The molecule has 0 heterocycles. The Hall–Kier alpha value is -0.210. The molecule has 1 atom stereocenters. The van der Waals surface area contributed by atoms with Crippen LogP contribution >= 0.6 is 0 Å². The summed E-state index contributed by atoms with van der Waals surface area (Å²) >= 11 is 0. The summed E-state index contributed by atoms with van der Waals surface area (Å²) in [6.45, 7) is 5.04. The zero-order valence-electron chi connectivity index (χ0n) is 11.6. The fourth-order valence-corrected chi connectivity index (χ4v) is 3.19. The van der Waals surface area contributed by atoms with Gasteiger partial charge in [0.15, 0.2) is 0 Å². The van der Waals surface area contributed by atoms with Gasteiger partial charge in [-0.3, -0.25) is 0 Å². The Morgan fingerprint density at radius 2 is 1.83 bits per heavy atom. The van der Waals surface area contributed by atoms with Crippen LogP contribution in [0.25, 0.3) is 0 Å². The Balaban J connectivity index is 4.56. The summed E-state index contributed by atoms with van der Waals surface area (Å²) in [5, 5.41) is 9.16. The molecule has 0 saturated carbocycles. The maximum atomic E-state index is 12.1. The minimum Gasteiger partial charge on any atom is -0.395 e. The lowest BCUT2D eigenvalue weighted by molar-refractivity contribution is 0.165. The van der Waals surface area contributed by atoms with Gasteiger partial charge in [0.05, 0.1) is 6.61 Å². The number of hydrogen-bond acceptors (Lipinski definition) is 4. The average molecular weight is 282 g/mol. The van der Waals surface area contributed by atoms with Crippen LogP contribution < -0.4 is 4.72 Å². The summed E-state index contributed by atoms with van der Waals surface area (Å²) in [5.74, 6) is 0. The van der Waals surface area contributed by atoms with Gasteiger partial charge >= 0.3 is 0 Å². The molecule has 0 aromatic carbocycles. The second kappa shape index (κ2) is 9.69. The van der Waals surface area contributed by atoms with Crippen LogP contribution in [0.15, 0.2) is 0 Å². The van der Waals surface area contributed by atoms with Crippen LogP contribution in [-0.4, -0.2) is 57.3 Å². The number of rotatable bonds is 11. The molecular weight excluding hydrogens is 256 g/mol. The van der Waals surface area contributed by atoms with Gasteiger partial charge in [0.1, 0.15) is 0 Å². The number of nitrogens with zero attached hydrogens (tertiary/aromatic N) is 1. The fourth-order valence-electron chi connectivity index (χ4n) is 1.58. The third kappa shape index (κ3) is 6.65. The van der Waals surface area contributed by atoms with Gasteiger partial charge in [-0.2, -0.15) is 17.4 Å². The minimum atomic E-state index is -3.52. The zero-order chi connectivity index (χ0) is 14.0. The molecule has 2 N–H and O–H groups in total. The SMILES string of the molecule is CCCN(CCC)S(=O)(=O)NC(CO)CCOC. The number of aliphatic hydroxyl groups is 1. The van der Waals surface area contributed by atoms with Crippen molar-refractivity contribution in [2.75, 3.05) is 33.4 Å². The molecule has 0 aromatic heterocycles. The van der Waals surface area contributed by atoms with E-state index in [9.17, 15) is 8.42 Å². The summed E-state index contributed by atoms with van der Waals surface area (Å²) in [6, 6.07) is -0.494. The largest absolute Gasteiger partial charge is 0.395 e. The number of methoxy groups -OCH3 is 1. The van der Waals surface area contributed by atoms with E-state index in [0.717, 1.165) is 12.8 Å². The Morgan fingerprint density at radius 3 is 2.22 bits per heavy atom. The van der Waals surface area contributed by atoms with Gasteiger partial charge in [-0.1, -0.05) is 13.8 Å². The van der Waals surface area contributed by atoms with Crippen LogP contribution in [-0.2, 0) is 14.9 Å². The number of aliphatic hydroxyl groups excluding tert-OH is 1. The molecule has 0 bridgehead atoms. The Morgan fingerprint density at radius 1 is 1.28 bits per heavy atom. The van der Waals surface area contributed by atoms with E-state index in [0.29, 0.717) is 26.1 Å². The topological polar surface area (TPSA) is 78.9 Å². The monoisotopic (exact) mass is 282 g/mol. The molecule has 0 rings (SSSR count). The maximum Gasteiger partial charge on any atom is 0.279 e. The lowest BCUT2D eigenvalue weighted by Gasteiger charge is -2.24. The zero-order valence-corrected chi connectivity index (χ0v) is 12.4. The van der Waals surface area contributed by atoms with Crippen molar-refractivity contribution in [1.82, 2.24) is 9.03 Å². The van der Waals surface area contributed by atoms with Crippen molar-refractivity contribution in [1.29, 1.82) is 0 Å². The highest BCUT2D eigenvalue weighted by Gasteiger charge is 2.23. The van der Waals surface area contributed by atoms with Gasteiger partial charge in [0.25, 0.3) is 10.2 Å². The smallest absolute Gasteiger partial charge is 0.279 e. The van der Waals surface area contributed by atoms with Gasteiger partial charge in [0, 0.05) is 32.8 Å². The first-order valence-electron chi connectivity index (χ1n) is 6.39. The summed E-state index contributed by atoms with van der Waals surface area (Å²) < 4.78 is 33.0. The molecule has 0 fully saturated rings. The Kier molecular flexibility index (Phi) is 9.57. The lowest BCUT2D eigenvalue weighted by Crippen LogP contribution is -2.47. The quantitative estimate of drug-likeness (QED) is 0.573. The van der Waals surface area contributed by atoms with Crippen molar-refractivity contribution >= 4 is 10.2 Å². The van der Waals surface area contributed by atoms with Gasteiger partial charge in [-0.15, -0.1) is 0 Å². The summed E-state index contributed by atoms with van der Waals surface area (Å²) in [7, 11) is -1.98. The normalized spacial score (nSPS) is 14.1.